The highest BCUT2D eigenvalue weighted by molar-refractivity contribution is 9.10. The van der Waals surface area contributed by atoms with Gasteiger partial charge in [0.2, 0.25) is 0 Å². The van der Waals surface area contributed by atoms with Crippen molar-refractivity contribution in [1.82, 2.24) is 0 Å². The molecule has 134 valence electrons. The molecule has 0 saturated carbocycles. The van der Waals surface area contributed by atoms with Gasteiger partial charge in [0.1, 0.15) is 0 Å². The molecule has 5 aromatic carbocycles. The molecule has 0 aliphatic rings. The van der Waals surface area contributed by atoms with Crippen LogP contribution in [0.5, 0.6) is 0 Å². The smallest absolute Gasteiger partial charge is 0.0540 e. The fraction of sp³-hybridized carbons (Fsp3) is 0. The maximum atomic E-state index is 3.56. The van der Waals surface area contributed by atoms with Crippen LogP contribution in [-0.2, 0) is 0 Å². The molecule has 28 heavy (non-hydrogen) atoms. The molecule has 0 spiro atoms. The Morgan fingerprint density at radius 1 is 0.500 bits per heavy atom. The molecule has 0 bridgehead atoms. The molecule has 0 aliphatic carbocycles. The molecule has 0 radical (unpaired) electrons. The van der Waals surface area contributed by atoms with Crippen LogP contribution in [0, 0.1) is 0 Å². The Morgan fingerprint density at radius 2 is 1.14 bits per heavy atom. The van der Waals surface area contributed by atoms with Crippen molar-refractivity contribution in [2.24, 2.45) is 0 Å². The van der Waals surface area contributed by atoms with Crippen LogP contribution in [0.15, 0.2) is 114 Å². The van der Waals surface area contributed by atoms with E-state index >= 15 is 0 Å². The molecule has 0 amide bonds. The third-order valence-corrected chi connectivity index (χ3v) is 5.61. The first-order chi connectivity index (χ1) is 13.8. The van der Waals surface area contributed by atoms with Gasteiger partial charge in [-0.15, -0.1) is 0 Å². The van der Waals surface area contributed by atoms with Gasteiger partial charge in [-0.2, -0.15) is 0 Å². The van der Waals surface area contributed by atoms with E-state index in [1.54, 1.807) is 0 Å². The topological polar surface area (TPSA) is 3.24 Å². The van der Waals surface area contributed by atoms with Crippen LogP contribution in [0.3, 0.4) is 0 Å². The number of hydrogen-bond donors (Lipinski definition) is 0. The third-order valence-electron chi connectivity index (χ3n) is 5.08. The molecule has 0 saturated heterocycles. The second-order valence-corrected chi connectivity index (χ2v) is 7.76. The fourth-order valence-electron chi connectivity index (χ4n) is 3.74. The average molecular weight is 424 g/mol. The summed E-state index contributed by atoms with van der Waals surface area (Å²) in [5.41, 5.74) is 3.46. The van der Waals surface area contributed by atoms with Gasteiger partial charge in [0.25, 0.3) is 0 Å². The van der Waals surface area contributed by atoms with Crippen molar-refractivity contribution in [3.05, 3.63) is 114 Å². The zero-order chi connectivity index (χ0) is 18.9. The highest BCUT2D eigenvalue weighted by Gasteiger charge is 2.15. The SMILES string of the molecule is Brc1ccc(N(c2ccc3ccccc3c2)c2cccc3ccccc23)cc1. The lowest BCUT2D eigenvalue weighted by Crippen LogP contribution is -2.10. The minimum atomic E-state index is 1.08. The van der Waals surface area contributed by atoms with Crippen LogP contribution < -0.4 is 4.90 Å². The summed E-state index contributed by atoms with van der Waals surface area (Å²) < 4.78 is 1.08. The Balaban J connectivity index is 1.78. The summed E-state index contributed by atoms with van der Waals surface area (Å²) in [7, 11) is 0. The van der Waals surface area contributed by atoms with Gasteiger partial charge in [-0.25, -0.2) is 0 Å². The van der Waals surface area contributed by atoms with Crippen molar-refractivity contribution in [3.8, 4) is 0 Å². The van der Waals surface area contributed by atoms with Crippen molar-refractivity contribution < 1.29 is 0 Å². The molecular formula is C26H18BrN. The number of benzene rings is 5. The highest BCUT2D eigenvalue weighted by Crippen LogP contribution is 2.39. The van der Waals surface area contributed by atoms with Crippen LogP contribution in [0.1, 0.15) is 0 Å². The lowest BCUT2D eigenvalue weighted by molar-refractivity contribution is 1.30. The van der Waals surface area contributed by atoms with Crippen LogP contribution in [0.25, 0.3) is 21.5 Å². The molecule has 0 atom stereocenters. The molecule has 0 fully saturated rings. The van der Waals surface area contributed by atoms with Gasteiger partial charge < -0.3 is 4.90 Å². The largest absolute Gasteiger partial charge is 0.310 e. The minimum Gasteiger partial charge on any atom is -0.310 e. The first-order valence-electron chi connectivity index (χ1n) is 9.32. The Kier molecular flexibility index (Phi) is 4.34. The molecule has 0 aromatic heterocycles. The van der Waals surface area contributed by atoms with Crippen molar-refractivity contribution >= 4 is 54.5 Å². The summed E-state index contributed by atoms with van der Waals surface area (Å²) in [6.45, 7) is 0. The fourth-order valence-corrected chi connectivity index (χ4v) is 4.00. The molecule has 0 unspecified atom stereocenters. The monoisotopic (exact) mass is 423 g/mol. The lowest BCUT2D eigenvalue weighted by atomic mass is 10.0. The summed E-state index contributed by atoms with van der Waals surface area (Å²) in [6.07, 6.45) is 0. The minimum absolute atomic E-state index is 1.08. The molecule has 0 heterocycles. The number of anilines is 3. The highest BCUT2D eigenvalue weighted by atomic mass is 79.9. The van der Waals surface area contributed by atoms with E-state index in [0.29, 0.717) is 0 Å². The predicted molar refractivity (Wildman–Crippen MR) is 124 cm³/mol. The Hall–Kier alpha value is -3.10. The van der Waals surface area contributed by atoms with Gasteiger partial charge in [0.05, 0.1) is 5.69 Å². The number of rotatable bonds is 3. The molecule has 1 nitrogen and oxygen atoms in total. The van der Waals surface area contributed by atoms with E-state index in [9.17, 15) is 0 Å². The molecule has 0 aliphatic heterocycles. The number of nitrogens with zero attached hydrogens (tertiary/aromatic N) is 1. The van der Waals surface area contributed by atoms with Crippen LogP contribution in [0.4, 0.5) is 17.1 Å². The van der Waals surface area contributed by atoms with Gasteiger partial charge >= 0.3 is 0 Å². The van der Waals surface area contributed by atoms with Gasteiger partial charge in [-0.1, -0.05) is 82.7 Å². The van der Waals surface area contributed by atoms with E-state index in [2.05, 4.69) is 130 Å². The number of hydrogen-bond acceptors (Lipinski definition) is 1. The molecule has 5 aromatic rings. The maximum absolute atomic E-state index is 3.56. The first-order valence-corrected chi connectivity index (χ1v) is 10.1. The number of fused-ring (bicyclic) bond motifs is 2. The van der Waals surface area contributed by atoms with E-state index < -0.39 is 0 Å². The predicted octanol–water partition coefficient (Wildman–Crippen LogP) is 8.23. The zero-order valence-electron chi connectivity index (χ0n) is 15.2. The molecular weight excluding hydrogens is 406 g/mol. The molecule has 0 N–H and O–H groups in total. The molecule has 5 rings (SSSR count). The summed E-state index contributed by atoms with van der Waals surface area (Å²) in [4.78, 5) is 2.33. The van der Waals surface area contributed by atoms with Gasteiger partial charge in [0.15, 0.2) is 0 Å². The van der Waals surface area contributed by atoms with E-state index in [4.69, 9.17) is 0 Å². The van der Waals surface area contributed by atoms with E-state index in [0.717, 1.165) is 15.8 Å². The van der Waals surface area contributed by atoms with Gasteiger partial charge in [0, 0.05) is 21.2 Å². The summed E-state index contributed by atoms with van der Waals surface area (Å²) in [6, 6.07) is 38.7. The van der Waals surface area contributed by atoms with Crippen molar-refractivity contribution in [2.45, 2.75) is 0 Å². The molecule has 2 heteroatoms. The van der Waals surface area contributed by atoms with Gasteiger partial charge in [-0.05, 0) is 58.6 Å². The summed E-state index contributed by atoms with van der Waals surface area (Å²) in [5, 5.41) is 4.96. The summed E-state index contributed by atoms with van der Waals surface area (Å²) in [5.74, 6) is 0. The van der Waals surface area contributed by atoms with E-state index in [1.807, 2.05) is 0 Å². The zero-order valence-corrected chi connectivity index (χ0v) is 16.8. The normalized spacial score (nSPS) is 11.0. The van der Waals surface area contributed by atoms with Crippen molar-refractivity contribution in [3.63, 3.8) is 0 Å². The number of halogens is 1. The second kappa shape index (κ2) is 7.14. The quantitative estimate of drug-likeness (QED) is 0.282. The maximum Gasteiger partial charge on any atom is 0.0540 e. The van der Waals surface area contributed by atoms with Crippen molar-refractivity contribution in [1.29, 1.82) is 0 Å². The lowest BCUT2D eigenvalue weighted by Gasteiger charge is -2.27. The second-order valence-electron chi connectivity index (χ2n) is 6.84. The standard InChI is InChI=1S/C26H18BrN/c27-22-13-16-23(17-14-22)28(24-15-12-19-6-1-2-8-21(19)18-24)26-11-5-9-20-7-3-4-10-25(20)26/h1-18H. The van der Waals surface area contributed by atoms with Crippen molar-refractivity contribution in [2.75, 3.05) is 4.90 Å². The Bertz CT molecular complexity index is 1270. The first kappa shape index (κ1) is 17.0. The van der Waals surface area contributed by atoms with Gasteiger partial charge in [-0.3, -0.25) is 0 Å². The third kappa shape index (κ3) is 3.06. The van der Waals surface area contributed by atoms with E-state index in [-0.39, 0.29) is 0 Å². The van der Waals surface area contributed by atoms with Crippen LogP contribution >= 0.6 is 15.9 Å². The Labute approximate surface area is 173 Å². The summed E-state index contributed by atoms with van der Waals surface area (Å²) >= 11 is 3.56. The Morgan fingerprint density at radius 3 is 1.96 bits per heavy atom. The average Bonchev–Trinajstić information content (AvgIpc) is 2.75. The van der Waals surface area contributed by atoms with E-state index in [1.165, 1.54) is 27.2 Å². The van der Waals surface area contributed by atoms with Crippen LogP contribution in [0.2, 0.25) is 0 Å². The van der Waals surface area contributed by atoms with Crippen LogP contribution in [-0.4, -0.2) is 0 Å².